The van der Waals surface area contributed by atoms with Crippen LogP contribution in [-0.2, 0) is 11.2 Å². The summed E-state index contributed by atoms with van der Waals surface area (Å²) in [5.41, 5.74) is 1.55. The number of rotatable bonds is 4. The van der Waals surface area contributed by atoms with Gasteiger partial charge in [-0.3, -0.25) is 4.79 Å². The second-order valence-corrected chi connectivity index (χ2v) is 8.19. The number of aliphatic hydroxyl groups is 1. The summed E-state index contributed by atoms with van der Waals surface area (Å²) in [5.74, 6) is 0.616. The van der Waals surface area contributed by atoms with Gasteiger partial charge in [-0.05, 0) is 56.7 Å². The molecule has 1 aromatic carbocycles. The first-order valence-electron chi connectivity index (χ1n) is 9.68. The van der Waals surface area contributed by atoms with Crippen molar-refractivity contribution in [1.29, 1.82) is 0 Å². The lowest BCUT2D eigenvalue weighted by Gasteiger charge is -2.42. The topological polar surface area (TPSA) is 67.1 Å². The highest BCUT2D eigenvalue weighted by atomic mass is 35.5. The number of ether oxygens (including phenoxy) is 1. The zero-order valence-corrected chi connectivity index (χ0v) is 17.3. The Labute approximate surface area is 174 Å². The lowest BCUT2D eigenvalue weighted by molar-refractivity contribution is -0.142. The van der Waals surface area contributed by atoms with E-state index in [4.69, 9.17) is 16.3 Å². The zero-order chi connectivity index (χ0) is 20.6. The zero-order valence-electron chi connectivity index (χ0n) is 16.5. The number of hydrogen-bond donors (Lipinski definition) is 1. The number of carbonyl (C=O) groups is 1. The third-order valence-corrected chi connectivity index (χ3v) is 5.81. The molecule has 0 unspecified atom stereocenters. The molecule has 0 radical (unpaired) electrons. The predicted octanol–water partition coefficient (Wildman–Crippen LogP) is 3.27. The van der Waals surface area contributed by atoms with Gasteiger partial charge in [-0.2, -0.15) is 0 Å². The fraction of sp³-hybridized carbons (Fsp3) is 0.364. The molecule has 29 heavy (non-hydrogen) atoms. The number of hydrogen-bond acceptors (Lipinski definition) is 4. The standard InChI is InChI=1S/C22H24ClN3O3/c1-15-18(26-11-4-3-5-20(26)24-15)13-21(27)25-12-10-22(2,28)19(14-25)29-17-8-6-16(23)7-9-17/h3-9,11,19,28H,10,12-14H2,1-2H3/t19-,22-/m0/s1. The number of likely N-dealkylation sites (tertiary alicyclic amines) is 1. The van der Waals surface area contributed by atoms with Crippen LogP contribution in [0.25, 0.3) is 5.65 Å². The predicted molar refractivity (Wildman–Crippen MR) is 111 cm³/mol. The molecule has 0 spiro atoms. The summed E-state index contributed by atoms with van der Waals surface area (Å²) in [6, 6.07) is 12.8. The van der Waals surface area contributed by atoms with Crippen LogP contribution in [0.5, 0.6) is 5.75 Å². The fourth-order valence-electron chi connectivity index (χ4n) is 3.71. The molecule has 6 nitrogen and oxygen atoms in total. The number of amides is 1. The van der Waals surface area contributed by atoms with Crippen molar-refractivity contribution in [2.45, 2.75) is 38.4 Å². The van der Waals surface area contributed by atoms with E-state index < -0.39 is 11.7 Å². The van der Waals surface area contributed by atoms with Crippen molar-refractivity contribution in [2.75, 3.05) is 13.1 Å². The van der Waals surface area contributed by atoms with Crippen LogP contribution in [-0.4, -0.2) is 50.1 Å². The first-order valence-corrected chi connectivity index (χ1v) is 10.1. The third-order valence-electron chi connectivity index (χ3n) is 5.56. The summed E-state index contributed by atoms with van der Waals surface area (Å²) in [4.78, 5) is 19.3. The minimum Gasteiger partial charge on any atom is -0.486 e. The first-order chi connectivity index (χ1) is 13.8. The number of pyridine rings is 1. The van der Waals surface area contributed by atoms with Gasteiger partial charge in [-0.25, -0.2) is 4.98 Å². The van der Waals surface area contributed by atoms with Gasteiger partial charge in [-0.1, -0.05) is 17.7 Å². The Morgan fingerprint density at radius 2 is 2.07 bits per heavy atom. The molecule has 1 amide bonds. The second kappa shape index (κ2) is 7.69. The van der Waals surface area contributed by atoms with Crippen LogP contribution >= 0.6 is 11.6 Å². The number of nitrogens with zero attached hydrogens (tertiary/aromatic N) is 3. The number of aromatic nitrogens is 2. The molecule has 0 bridgehead atoms. The molecule has 1 fully saturated rings. The molecule has 3 heterocycles. The normalized spacial score (nSPS) is 22.1. The van der Waals surface area contributed by atoms with Gasteiger partial charge in [-0.15, -0.1) is 0 Å². The molecule has 1 aliphatic rings. The molecule has 1 saturated heterocycles. The maximum Gasteiger partial charge on any atom is 0.228 e. The summed E-state index contributed by atoms with van der Waals surface area (Å²) in [6.45, 7) is 4.49. The van der Waals surface area contributed by atoms with E-state index in [-0.39, 0.29) is 12.3 Å². The van der Waals surface area contributed by atoms with Crippen molar-refractivity contribution in [3.8, 4) is 5.75 Å². The summed E-state index contributed by atoms with van der Waals surface area (Å²) in [6.07, 6.45) is 2.10. The summed E-state index contributed by atoms with van der Waals surface area (Å²) in [5, 5.41) is 11.4. The number of aryl methyl sites for hydroxylation is 1. The van der Waals surface area contributed by atoms with Crippen LogP contribution in [0, 0.1) is 6.92 Å². The number of carbonyl (C=O) groups excluding carboxylic acids is 1. The molecule has 1 aliphatic heterocycles. The molecule has 3 aromatic rings. The summed E-state index contributed by atoms with van der Waals surface area (Å²) < 4.78 is 7.97. The first kappa shape index (κ1) is 19.7. The maximum absolute atomic E-state index is 13.0. The molecular formula is C22H24ClN3O3. The molecule has 7 heteroatoms. The van der Waals surface area contributed by atoms with E-state index >= 15 is 0 Å². The van der Waals surface area contributed by atoms with Gasteiger partial charge < -0.3 is 19.1 Å². The van der Waals surface area contributed by atoms with E-state index in [9.17, 15) is 9.90 Å². The van der Waals surface area contributed by atoms with Gasteiger partial charge in [0.25, 0.3) is 0 Å². The van der Waals surface area contributed by atoms with Gasteiger partial charge in [0.1, 0.15) is 23.1 Å². The van der Waals surface area contributed by atoms with E-state index in [0.29, 0.717) is 30.3 Å². The molecule has 0 saturated carbocycles. The van der Waals surface area contributed by atoms with E-state index in [1.165, 1.54) is 0 Å². The molecule has 2 atom stereocenters. The molecule has 152 valence electrons. The van der Waals surface area contributed by atoms with Crippen LogP contribution in [0.2, 0.25) is 5.02 Å². The molecule has 1 N–H and O–H groups in total. The highest BCUT2D eigenvalue weighted by Gasteiger charge is 2.41. The average molecular weight is 414 g/mol. The van der Waals surface area contributed by atoms with E-state index in [1.54, 1.807) is 36.1 Å². The molecule has 0 aliphatic carbocycles. The van der Waals surface area contributed by atoms with Crippen molar-refractivity contribution in [1.82, 2.24) is 14.3 Å². The number of benzene rings is 1. The number of halogens is 1. The Balaban J connectivity index is 1.50. The van der Waals surface area contributed by atoms with Crippen molar-refractivity contribution < 1.29 is 14.6 Å². The lowest BCUT2D eigenvalue weighted by atomic mass is 9.90. The minimum absolute atomic E-state index is 0.000964. The number of piperidine rings is 1. The highest BCUT2D eigenvalue weighted by Crippen LogP contribution is 2.28. The highest BCUT2D eigenvalue weighted by molar-refractivity contribution is 6.30. The summed E-state index contributed by atoms with van der Waals surface area (Å²) >= 11 is 5.93. The van der Waals surface area contributed by atoms with Crippen LogP contribution in [0.1, 0.15) is 24.7 Å². The van der Waals surface area contributed by atoms with Gasteiger partial charge in [0.05, 0.1) is 24.4 Å². The van der Waals surface area contributed by atoms with E-state index in [0.717, 1.165) is 17.0 Å². The Hall–Kier alpha value is -2.57. The maximum atomic E-state index is 13.0. The quantitative estimate of drug-likeness (QED) is 0.712. The Morgan fingerprint density at radius 1 is 1.31 bits per heavy atom. The SMILES string of the molecule is Cc1nc2ccccn2c1CC(=O)N1CC[C@](C)(O)[C@@H](Oc2ccc(Cl)cc2)C1. The lowest BCUT2D eigenvalue weighted by Crippen LogP contribution is -2.57. The average Bonchev–Trinajstić information content (AvgIpc) is 3.00. The van der Waals surface area contributed by atoms with E-state index in [1.807, 2.05) is 35.7 Å². The molecule has 2 aromatic heterocycles. The summed E-state index contributed by atoms with van der Waals surface area (Å²) in [7, 11) is 0. The largest absolute Gasteiger partial charge is 0.486 e. The van der Waals surface area contributed by atoms with Gasteiger partial charge in [0, 0.05) is 17.8 Å². The Kier molecular flexibility index (Phi) is 5.23. The fourth-order valence-corrected chi connectivity index (χ4v) is 3.84. The van der Waals surface area contributed by atoms with Crippen LogP contribution < -0.4 is 4.74 Å². The van der Waals surface area contributed by atoms with Crippen molar-refractivity contribution in [3.63, 3.8) is 0 Å². The van der Waals surface area contributed by atoms with Crippen molar-refractivity contribution in [2.24, 2.45) is 0 Å². The minimum atomic E-state index is -1.02. The number of fused-ring (bicyclic) bond motifs is 1. The molecule has 4 rings (SSSR count). The van der Waals surface area contributed by atoms with Crippen LogP contribution in [0.15, 0.2) is 48.7 Å². The molecular weight excluding hydrogens is 390 g/mol. The van der Waals surface area contributed by atoms with Gasteiger partial charge in [0.2, 0.25) is 5.91 Å². The monoisotopic (exact) mass is 413 g/mol. The van der Waals surface area contributed by atoms with Crippen molar-refractivity contribution >= 4 is 23.2 Å². The smallest absolute Gasteiger partial charge is 0.228 e. The van der Waals surface area contributed by atoms with Crippen LogP contribution in [0.4, 0.5) is 0 Å². The number of imidazole rings is 1. The van der Waals surface area contributed by atoms with E-state index in [2.05, 4.69) is 4.98 Å². The third kappa shape index (κ3) is 4.09. The van der Waals surface area contributed by atoms with Gasteiger partial charge in [0.15, 0.2) is 0 Å². The Morgan fingerprint density at radius 3 is 2.83 bits per heavy atom. The Bertz CT molecular complexity index is 1030. The van der Waals surface area contributed by atoms with Gasteiger partial charge >= 0.3 is 0 Å². The van der Waals surface area contributed by atoms with Crippen molar-refractivity contribution in [3.05, 3.63) is 65.1 Å². The second-order valence-electron chi connectivity index (χ2n) is 7.76. The van der Waals surface area contributed by atoms with Crippen LogP contribution in [0.3, 0.4) is 0 Å².